The summed E-state index contributed by atoms with van der Waals surface area (Å²) in [4.78, 5) is 12.2. The van der Waals surface area contributed by atoms with E-state index in [0.717, 1.165) is 42.7 Å². The number of hydrogen-bond donors (Lipinski definition) is 1. The molecule has 19 heavy (non-hydrogen) atoms. The highest BCUT2D eigenvalue weighted by molar-refractivity contribution is 5.94. The molecule has 1 aromatic carbocycles. The van der Waals surface area contributed by atoms with E-state index >= 15 is 0 Å². The minimum absolute atomic E-state index is 0.0976. The molecule has 0 aliphatic heterocycles. The van der Waals surface area contributed by atoms with E-state index < -0.39 is 0 Å². The van der Waals surface area contributed by atoms with Gasteiger partial charge in [-0.15, -0.1) is 0 Å². The number of amides is 1. The number of rotatable bonds is 4. The highest BCUT2D eigenvalue weighted by Gasteiger charge is 2.24. The molecular formula is C15H21NO3. The highest BCUT2D eigenvalue weighted by Crippen LogP contribution is 2.36. The molecule has 2 rings (SSSR count). The maximum absolute atomic E-state index is 12.2. The van der Waals surface area contributed by atoms with Gasteiger partial charge in [-0.3, -0.25) is 4.79 Å². The van der Waals surface area contributed by atoms with Crippen LogP contribution in [0.25, 0.3) is 0 Å². The molecule has 1 fully saturated rings. The van der Waals surface area contributed by atoms with E-state index in [0.29, 0.717) is 5.75 Å². The highest BCUT2D eigenvalue weighted by atomic mass is 16.5. The zero-order valence-corrected chi connectivity index (χ0v) is 11.8. The molecule has 0 heterocycles. The Kier molecular flexibility index (Phi) is 4.30. The number of carbonyl (C=O) groups is 1. The van der Waals surface area contributed by atoms with E-state index in [-0.39, 0.29) is 11.8 Å². The van der Waals surface area contributed by atoms with Crippen LogP contribution < -0.4 is 14.8 Å². The van der Waals surface area contributed by atoms with Crippen LogP contribution in [0.1, 0.15) is 31.2 Å². The summed E-state index contributed by atoms with van der Waals surface area (Å²) in [6, 6.07) is 3.68. The zero-order valence-electron chi connectivity index (χ0n) is 11.8. The van der Waals surface area contributed by atoms with Crippen LogP contribution in [0.2, 0.25) is 0 Å². The van der Waals surface area contributed by atoms with Crippen LogP contribution in [-0.2, 0) is 4.79 Å². The fourth-order valence-electron chi connectivity index (χ4n) is 2.68. The number of benzene rings is 1. The fourth-order valence-corrected chi connectivity index (χ4v) is 2.68. The van der Waals surface area contributed by atoms with Crippen molar-refractivity contribution in [3.05, 3.63) is 17.7 Å². The van der Waals surface area contributed by atoms with Gasteiger partial charge in [-0.1, -0.05) is 12.8 Å². The quantitative estimate of drug-likeness (QED) is 0.907. The van der Waals surface area contributed by atoms with Crippen molar-refractivity contribution in [3.63, 3.8) is 0 Å². The number of hydrogen-bond acceptors (Lipinski definition) is 3. The van der Waals surface area contributed by atoms with Gasteiger partial charge in [0.25, 0.3) is 0 Å². The van der Waals surface area contributed by atoms with Crippen molar-refractivity contribution in [2.75, 3.05) is 19.5 Å². The van der Waals surface area contributed by atoms with Gasteiger partial charge in [0.05, 0.1) is 19.9 Å². The molecule has 0 unspecified atom stereocenters. The van der Waals surface area contributed by atoms with Crippen LogP contribution >= 0.6 is 0 Å². The normalized spacial score (nSPS) is 15.3. The van der Waals surface area contributed by atoms with Gasteiger partial charge in [0.15, 0.2) is 0 Å². The summed E-state index contributed by atoms with van der Waals surface area (Å²) >= 11 is 0. The molecule has 4 nitrogen and oxygen atoms in total. The van der Waals surface area contributed by atoms with Gasteiger partial charge in [-0.25, -0.2) is 0 Å². The third-order valence-electron chi connectivity index (χ3n) is 3.76. The van der Waals surface area contributed by atoms with Crippen molar-refractivity contribution in [1.82, 2.24) is 0 Å². The molecule has 0 atom stereocenters. The second kappa shape index (κ2) is 5.95. The van der Waals surface area contributed by atoms with Crippen LogP contribution in [0.15, 0.2) is 12.1 Å². The first-order valence-corrected chi connectivity index (χ1v) is 6.69. The first-order valence-electron chi connectivity index (χ1n) is 6.69. The molecule has 104 valence electrons. The number of ether oxygens (including phenoxy) is 2. The van der Waals surface area contributed by atoms with E-state index in [1.807, 2.05) is 19.1 Å². The molecule has 0 bridgehead atoms. The van der Waals surface area contributed by atoms with Crippen molar-refractivity contribution < 1.29 is 14.3 Å². The van der Waals surface area contributed by atoms with Crippen molar-refractivity contribution in [3.8, 4) is 11.5 Å². The summed E-state index contributed by atoms with van der Waals surface area (Å²) in [5.74, 6) is 1.67. The van der Waals surface area contributed by atoms with Crippen LogP contribution in [0.5, 0.6) is 11.5 Å². The predicted molar refractivity (Wildman–Crippen MR) is 74.9 cm³/mol. The summed E-state index contributed by atoms with van der Waals surface area (Å²) in [6.07, 6.45) is 4.28. The molecule has 1 saturated carbocycles. The van der Waals surface area contributed by atoms with E-state index in [1.54, 1.807) is 14.2 Å². The summed E-state index contributed by atoms with van der Waals surface area (Å²) < 4.78 is 10.6. The number of nitrogens with one attached hydrogen (secondary N) is 1. The van der Waals surface area contributed by atoms with Crippen molar-refractivity contribution in [2.45, 2.75) is 32.6 Å². The van der Waals surface area contributed by atoms with Gasteiger partial charge in [0.1, 0.15) is 11.5 Å². The lowest BCUT2D eigenvalue weighted by Crippen LogP contribution is -2.20. The Labute approximate surface area is 114 Å². The van der Waals surface area contributed by atoms with Crippen LogP contribution in [0.4, 0.5) is 5.69 Å². The van der Waals surface area contributed by atoms with Crippen molar-refractivity contribution in [1.29, 1.82) is 0 Å². The van der Waals surface area contributed by atoms with E-state index in [9.17, 15) is 4.79 Å². The second-order valence-electron chi connectivity index (χ2n) is 4.94. The SMILES string of the molecule is COc1ccc(NC(=O)C2CCCC2)c(OC)c1C. The first kappa shape index (κ1) is 13.7. The molecule has 0 aromatic heterocycles. The third-order valence-corrected chi connectivity index (χ3v) is 3.76. The molecule has 1 N–H and O–H groups in total. The monoisotopic (exact) mass is 263 g/mol. The van der Waals surface area contributed by atoms with E-state index in [1.165, 1.54) is 0 Å². The molecule has 0 radical (unpaired) electrons. The Bertz CT molecular complexity index is 465. The largest absolute Gasteiger partial charge is 0.496 e. The minimum atomic E-state index is 0.0976. The lowest BCUT2D eigenvalue weighted by molar-refractivity contribution is -0.119. The third kappa shape index (κ3) is 2.83. The second-order valence-corrected chi connectivity index (χ2v) is 4.94. The minimum Gasteiger partial charge on any atom is -0.496 e. The standard InChI is InChI=1S/C15H21NO3/c1-10-13(18-2)9-8-12(14(10)19-3)16-15(17)11-6-4-5-7-11/h8-9,11H,4-7H2,1-3H3,(H,16,17). The lowest BCUT2D eigenvalue weighted by atomic mass is 10.1. The smallest absolute Gasteiger partial charge is 0.227 e. The topological polar surface area (TPSA) is 47.6 Å². The lowest BCUT2D eigenvalue weighted by Gasteiger charge is -2.16. The van der Waals surface area contributed by atoms with Gasteiger partial charge >= 0.3 is 0 Å². The summed E-state index contributed by atoms with van der Waals surface area (Å²) in [7, 11) is 3.23. The molecule has 0 spiro atoms. The van der Waals surface area contributed by atoms with Gasteiger partial charge in [0, 0.05) is 11.5 Å². The van der Waals surface area contributed by atoms with Gasteiger partial charge in [-0.2, -0.15) is 0 Å². The summed E-state index contributed by atoms with van der Waals surface area (Å²) in [5, 5.41) is 2.98. The first-order chi connectivity index (χ1) is 9.17. The van der Waals surface area contributed by atoms with Crippen LogP contribution in [0.3, 0.4) is 0 Å². The maximum atomic E-state index is 12.2. The van der Waals surface area contributed by atoms with Crippen molar-refractivity contribution in [2.24, 2.45) is 5.92 Å². The molecule has 1 amide bonds. The molecule has 1 aliphatic carbocycles. The Morgan fingerprint density at radius 1 is 1.21 bits per heavy atom. The molecule has 1 aromatic rings. The Hall–Kier alpha value is -1.71. The average Bonchev–Trinajstić information content (AvgIpc) is 2.93. The van der Waals surface area contributed by atoms with E-state index in [4.69, 9.17) is 9.47 Å². The van der Waals surface area contributed by atoms with Gasteiger partial charge < -0.3 is 14.8 Å². The average molecular weight is 263 g/mol. The Morgan fingerprint density at radius 2 is 1.89 bits per heavy atom. The molecule has 0 saturated heterocycles. The van der Waals surface area contributed by atoms with Crippen LogP contribution in [0, 0.1) is 12.8 Å². The number of anilines is 1. The summed E-state index contributed by atoms with van der Waals surface area (Å²) in [5.41, 5.74) is 1.62. The van der Waals surface area contributed by atoms with Gasteiger partial charge in [-0.05, 0) is 31.9 Å². The van der Waals surface area contributed by atoms with Gasteiger partial charge in [0.2, 0.25) is 5.91 Å². The van der Waals surface area contributed by atoms with Crippen molar-refractivity contribution >= 4 is 11.6 Å². The Balaban J connectivity index is 2.19. The molecule has 1 aliphatic rings. The fraction of sp³-hybridized carbons (Fsp3) is 0.533. The number of carbonyl (C=O) groups excluding carboxylic acids is 1. The van der Waals surface area contributed by atoms with E-state index in [2.05, 4.69) is 5.32 Å². The summed E-state index contributed by atoms with van der Waals surface area (Å²) in [6.45, 7) is 1.92. The molecule has 4 heteroatoms. The Morgan fingerprint density at radius 3 is 2.47 bits per heavy atom. The maximum Gasteiger partial charge on any atom is 0.227 e. The molecular weight excluding hydrogens is 242 g/mol. The predicted octanol–water partition coefficient (Wildman–Crippen LogP) is 3.14. The number of methoxy groups -OCH3 is 2. The van der Waals surface area contributed by atoms with Crippen LogP contribution in [-0.4, -0.2) is 20.1 Å². The zero-order chi connectivity index (χ0) is 13.8.